The normalized spacial score (nSPS) is 11.5. The minimum Gasteiger partial charge on any atom is -0.216 e. The zero-order chi connectivity index (χ0) is 16.1. The number of benzene rings is 1. The summed E-state index contributed by atoms with van der Waals surface area (Å²) in [5.74, 6) is 0.690. The van der Waals surface area contributed by atoms with Gasteiger partial charge in [0.05, 0.1) is 22.1 Å². The van der Waals surface area contributed by atoms with Crippen LogP contribution in [-0.2, 0) is 0 Å². The Labute approximate surface area is 145 Å². The molecule has 0 saturated carbocycles. The van der Waals surface area contributed by atoms with Crippen molar-refractivity contribution in [1.29, 1.82) is 0 Å². The van der Waals surface area contributed by atoms with Crippen molar-refractivity contribution in [3.63, 3.8) is 0 Å². The van der Waals surface area contributed by atoms with Crippen LogP contribution in [0.1, 0.15) is 0 Å². The van der Waals surface area contributed by atoms with Crippen molar-refractivity contribution in [1.82, 2.24) is 29.4 Å². The van der Waals surface area contributed by atoms with Crippen LogP contribution in [0.5, 0.6) is 0 Å². The molecule has 0 atom stereocenters. The van der Waals surface area contributed by atoms with Crippen molar-refractivity contribution in [3.8, 4) is 16.4 Å². The lowest BCUT2D eigenvalue weighted by Gasteiger charge is -2.02. The molecule has 4 aromatic heterocycles. The molecule has 4 heterocycles. The number of aromatic nitrogens is 6. The Bertz CT molecular complexity index is 1170. The number of rotatable bonds is 2. The van der Waals surface area contributed by atoms with Gasteiger partial charge >= 0.3 is 0 Å². The van der Waals surface area contributed by atoms with E-state index < -0.39 is 0 Å². The van der Waals surface area contributed by atoms with Crippen LogP contribution in [0.3, 0.4) is 0 Å². The van der Waals surface area contributed by atoms with Gasteiger partial charge in [-0.2, -0.15) is 5.10 Å². The quantitative estimate of drug-likeness (QED) is 0.484. The fourth-order valence-electron chi connectivity index (χ4n) is 2.63. The van der Waals surface area contributed by atoms with E-state index in [-0.39, 0.29) is 0 Å². The van der Waals surface area contributed by atoms with Crippen LogP contribution in [0.15, 0.2) is 54.3 Å². The molecule has 0 radical (unpaired) electrons. The first-order valence-corrected chi connectivity index (χ1v) is 8.44. The molecular formula is C16H9ClN6S. The molecule has 24 heavy (non-hydrogen) atoms. The van der Waals surface area contributed by atoms with Crippen molar-refractivity contribution in [2.75, 3.05) is 0 Å². The number of hydrogen-bond donors (Lipinski definition) is 0. The first kappa shape index (κ1) is 13.6. The van der Waals surface area contributed by atoms with E-state index in [0.29, 0.717) is 10.8 Å². The average molecular weight is 353 g/mol. The fraction of sp³-hybridized carbons (Fsp3) is 0. The molecule has 1 aromatic carbocycles. The van der Waals surface area contributed by atoms with Crippen LogP contribution in [0.25, 0.3) is 33.1 Å². The Kier molecular flexibility index (Phi) is 2.91. The summed E-state index contributed by atoms with van der Waals surface area (Å²) in [5.41, 5.74) is 2.30. The maximum absolute atomic E-state index is 6.08. The molecule has 0 spiro atoms. The number of halogens is 1. The standard InChI is InChI=1S/C16H9ClN6S/c17-10-3-1-4-11(7-10)23-15-12(8-19-23)16-20-14(13-5-2-6-24-13)21-22(16)9-18-15/h1-9H. The van der Waals surface area contributed by atoms with Crippen molar-refractivity contribution in [3.05, 3.63) is 59.3 Å². The van der Waals surface area contributed by atoms with E-state index in [1.165, 1.54) is 0 Å². The predicted molar refractivity (Wildman–Crippen MR) is 93.7 cm³/mol. The van der Waals surface area contributed by atoms with E-state index in [0.717, 1.165) is 27.2 Å². The maximum atomic E-state index is 6.08. The van der Waals surface area contributed by atoms with Gasteiger partial charge in [-0.25, -0.2) is 19.2 Å². The summed E-state index contributed by atoms with van der Waals surface area (Å²) in [4.78, 5) is 10.2. The molecule has 0 amide bonds. The number of fused-ring (bicyclic) bond motifs is 3. The highest BCUT2D eigenvalue weighted by molar-refractivity contribution is 7.13. The highest BCUT2D eigenvalue weighted by Gasteiger charge is 2.14. The second-order valence-corrected chi connectivity index (χ2v) is 6.58. The maximum Gasteiger partial charge on any atom is 0.192 e. The van der Waals surface area contributed by atoms with Gasteiger partial charge in [-0.1, -0.05) is 23.7 Å². The molecule has 0 saturated heterocycles. The molecule has 0 unspecified atom stereocenters. The lowest BCUT2D eigenvalue weighted by Crippen LogP contribution is -1.98. The summed E-state index contributed by atoms with van der Waals surface area (Å²) < 4.78 is 3.43. The van der Waals surface area contributed by atoms with Crippen molar-refractivity contribution >= 4 is 39.6 Å². The van der Waals surface area contributed by atoms with Gasteiger partial charge < -0.3 is 0 Å². The van der Waals surface area contributed by atoms with Gasteiger partial charge in [-0.05, 0) is 29.6 Å². The minimum absolute atomic E-state index is 0.652. The summed E-state index contributed by atoms with van der Waals surface area (Å²) in [6.45, 7) is 0. The first-order chi connectivity index (χ1) is 11.8. The van der Waals surface area contributed by atoms with Crippen LogP contribution < -0.4 is 0 Å². The van der Waals surface area contributed by atoms with Gasteiger partial charge in [-0.3, -0.25) is 0 Å². The summed E-state index contributed by atoms with van der Waals surface area (Å²) in [6.07, 6.45) is 3.41. The van der Waals surface area contributed by atoms with Crippen LogP contribution in [0, 0.1) is 0 Å². The molecule has 5 aromatic rings. The highest BCUT2D eigenvalue weighted by Crippen LogP contribution is 2.25. The predicted octanol–water partition coefficient (Wildman–Crippen LogP) is 3.85. The Morgan fingerprint density at radius 3 is 2.88 bits per heavy atom. The van der Waals surface area contributed by atoms with E-state index in [1.54, 1.807) is 33.1 Å². The second-order valence-electron chi connectivity index (χ2n) is 5.20. The summed E-state index contributed by atoms with van der Waals surface area (Å²) in [6, 6.07) is 11.5. The highest BCUT2D eigenvalue weighted by atomic mass is 35.5. The van der Waals surface area contributed by atoms with Gasteiger partial charge in [0, 0.05) is 5.02 Å². The Hall–Kier alpha value is -2.77. The molecule has 116 valence electrons. The minimum atomic E-state index is 0.652. The molecule has 0 N–H and O–H groups in total. The Morgan fingerprint density at radius 1 is 1.08 bits per heavy atom. The molecule has 0 aliphatic heterocycles. The van der Waals surface area contributed by atoms with Gasteiger partial charge in [0.15, 0.2) is 17.1 Å². The Balaban J connectivity index is 1.75. The number of hydrogen-bond acceptors (Lipinski definition) is 5. The van der Waals surface area contributed by atoms with Crippen LogP contribution >= 0.6 is 22.9 Å². The van der Waals surface area contributed by atoms with Crippen LogP contribution in [0.4, 0.5) is 0 Å². The van der Waals surface area contributed by atoms with Gasteiger partial charge in [0.1, 0.15) is 6.33 Å². The number of thiophene rings is 1. The molecule has 5 rings (SSSR count). The van der Waals surface area contributed by atoms with E-state index in [4.69, 9.17) is 11.6 Å². The third-order valence-corrected chi connectivity index (χ3v) is 4.80. The topological polar surface area (TPSA) is 60.9 Å². The average Bonchev–Trinajstić information content (AvgIpc) is 3.32. The Morgan fingerprint density at radius 2 is 2.04 bits per heavy atom. The number of nitrogens with zero attached hydrogens (tertiary/aromatic N) is 6. The fourth-order valence-corrected chi connectivity index (χ4v) is 3.47. The molecule has 0 fully saturated rings. The van der Waals surface area contributed by atoms with E-state index in [2.05, 4.69) is 20.2 Å². The van der Waals surface area contributed by atoms with E-state index in [9.17, 15) is 0 Å². The molecule has 0 bridgehead atoms. The zero-order valence-electron chi connectivity index (χ0n) is 12.2. The lowest BCUT2D eigenvalue weighted by molar-refractivity contribution is 0.883. The summed E-state index contributed by atoms with van der Waals surface area (Å²) >= 11 is 7.69. The molecular weight excluding hydrogens is 344 g/mol. The van der Waals surface area contributed by atoms with Crippen molar-refractivity contribution in [2.45, 2.75) is 0 Å². The smallest absolute Gasteiger partial charge is 0.192 e. The van der Waals surface area contributed by atoms with Crippen molar-refractivity contribution in [2.24, 2.45) is 0 Å². The molecule has 0 aliphatic carbocycles. The molecule has 6 nitrogen and oxygen atoms in total. The summed E-state index contributed by atoms with van der Waals surface area (Å²) in [5, 5.41) is 12.4. The monoisotopic (exact) mass is 352 g/mol. The van der Waals surface area contributed by atoms with E-state index >= 15 is 0 Å². The van der Waals surface area contributed by atoms with E-state index in [1.807, 2.05) is 41.8 Å². The van der Waals surface area contributed by atoms with Crippen LogP contribution in [-0.4, -0.2) is 29.4 Å². The molecule has 8 heteroatoms. The SMILES string of the molecule is Clc1cccc(-n2ncc3c2ncn2nc(-c4cccs4)nc32)c1. The third kappa shape index (κ3) is 2.02. The third-order valence-electron chi connectivity index (χ3n) is 3.70. The zero-order valence-corrected chi connectivity index (χ0v) is 13.7. The molecule has 0 aliphatic rings. The summed E-state index contributed by atoms with van der Waals surface area (Å²) in [7, 11) is 0. The first-order valence-electron chi connectivity index (χ1n) is 7.18. The second kappa shape index (κ2) is 5.12. The van der Waals surface area contributed by atoms with Gasteiger partial charge in [-0.15, -0.1) is 16.4 Å². The van der Waals surface area contributed by atoms with Gasteiger partial charge in [0.25, 0.3) is 0 Å². The van der Waals surface area contributed by atoms with Crippen molar-refractivity contribution < 1.29 is 0 Å². The van der Waals surface area contributed by atoms with Gasteiger partial charge in [0.2, 0.25) is 0 Å². The largest absolute Gasteiger partial charge is 0.216 e. The lowest BCUT2D eigenvalue weighted by atomic mass is 10.3. The van der Waals surface area contributed by atoms with Crippen LogP contribution in [0.2, 0.25) is 5.02 Å².